The van der Waals surface area contributed by atoms with Crippen LogP contribution in [0.3, 0.4) is 0 Å². The highest BCUT2D eigenvalue weighted by molar-refractivity contribution is 7.11. The second-order valence-electron chi connectivity index (χ2n) is 13.3. The highest BCUT2D eigenvalue weighted by atomic mass is 19.4. The summed E-state index contributed by atoms with van der Waals surface area (Å²) in [6, 6.07) is 33.3. The van der Waals surface area contributed by atoms with Crippen molar-refractivity contribution in [1.29, 1.82) is 0 Å². The van der Waals surface area contributed by atoms with Crippen molar-refractivity contribution in [3.63, 3.8) is 0 Å². The highest BCUT2D eigenvalue weighted by Crippen LogP contribution is 2.33. The van der Waals surface area contributed by atoms with Gasteiger partial charge in [-0.05, 0) is 23.8 Å². The molecule has 0 aliphatic rings. The maximum atomic E-state index is 13.7. The van der Waals surface area contributed by atoms with Crippen molar-refractivity contribution < 1.29 is 44.8 Å². The number of hydrogen-bond acceptors (Lipinski definition) is 0. The molecule has 11 heteroatoms. The fourth-order valence-electron chi connectivity index (χ4n) is 6.70. The van der Waals surface area contributed by atoms with Gasteiger partial charge in [-0.25, -0.2) is 0 Å². The van der Waals surface area contributed by atoms with Crippen molar-refractivity contribution >= 4 is 34.3 Å². The molecule has 0 radical (unpaired) electrons. The van der Waals surface area contributed by atoms with Crippen LogP contribution in [-0.2, 0) is 18.5 Å². The van der Waals surface area contributed by atoms with E-state index < -0.39 is 41.4 Å². The van der Waals surface area contributed by atoms with Gasteiger partial charge in [0.2, 0.25) is 0 Å². The standard InChI is InChI=1S/C27H25BF9.C17H17N/c1-2-3-4-5-15-28(22-12-6-9-19(16-22)25(29,30)31,23-13-7-10-20(17-23)26(32,33)34)24-14-8-11-21(18-24)27(35,36)37;1-4-10-16(11-5-1)12-6-3-9-15-18-17-13-7-2-8-14-17/h6-14,16-18H,2-5,15H2,1H3;1-14,18H,15H2/q-1;/p+1. The van der Waals surface area contributed by atoms with Gasteiger partial charge in [0.25, 0.3) is 0 Å². The van der Waals surface area contributed by atoms with E-state index in [0.29, 0.717) is 12.8 Å². The van der Waals surface area contributed by atoms with Crippen LogP contribution in [0.4, 0.5) is 45.2 Å². The van der Waals surface area contributed by atoms with Crippen LogP contribution < -0.4 is 21.7 Å². The molecule has 55 heavy (non-hydrogen) atoms. The molecule has 5 aromatic carbocycles. The Morgan fingerprint density at radius 3 is 1.40 bits per heavy atom. The summed E-state index contributed by atoms with van der Waals surface area (Å²) < 4.78 is 123. The summed E-state index contributed by atoms with van der Waals surface area (Å²) in [6.07, 6.45) is -5.78. The minimum absolute atomic E-state index is 0.0324. The van der Waals surface area contributed by atoms with Crippen LogP contribution in [0.1, 0.15) is 54.9 Å². The average Bonchev–Trinajstić information content (AvgIpc) is 3.17. The van der Waals surface area contributed by atoms with Crippen molar-refractivity contribution in [2.45, 2.75) is 57.5 Å². The Morgan fingerprint density at radius 1 is 0.509 bits per heavy atom. The lowest BCUT2D eigenvalue weighted by atomic mass is 9.14. The van der Waals surface area contributed by atoms with Crippen LogP contribution in [0.2, 0.25) is 6.32 Å². The maximum Gasteiger partial charge on any atom is 0.416 e. The van der Waals surface area contributed by atoms with E-state index in [2.05, 4.69) is 66.0 Å². The topological polar surface area (TPSA) is 16.6 Å². The van der Waals surface area contributed by atoms with Gasteiger partial charge in [0.05, 0.1) is 29.4 Å². The molecular weight excluding hydrogens is 724 g/mol. The second-order valence-corrected chi connectivity index (χ2v) is 13.3. The molecule has 0 unspecified atom stereocenters. The van der Waals surface area contributed by atoms with Gasteiger partial charge in [0.1, 0.15) is 5.69 Å². The van der Waals surface area contributed by atoms with E-state index in [9.17, 15) is 39.5 Å². The number of halogens is 9. The predicted molar refractivity (Wildman–Crippen MR) is 205 cm³/mol. The van der Waals surface area contributed by atoms with Crippen molar-refractivity contribution in [3.05, 3.63) is 174 Å². The van der Waals surface area contributed by atoms with Gasteiger partial charge in [0, 0.05) is 0 Å². The third kappa shape index (κ3) is 12.5. The zero-order chi connectivity index (χ0) is 40.0. The Bertz CT molecular complexity index is 1830. The van der Waals surface area contributed by atoms with Gasteiger partial charge in [-0.3, -0.25) is 0 Å². The van der Waals surface area contributed by atoms with Gasteiger partial charge in [0.15, 0.2) is 0 Å². The Morgan fingerprint density at radius 2 is 0.964 bits per heavy atom. The fraction of sp³-hybridized carbons (Fsp3) is 0.227. The Hall–Kier alpha value is -5.03. The van der Waals surface area contributed by atoms with Crippen molar-refractivity contribution in [2.75, 3.05) is 6.54 Å². The summed E-state index contributed by atoms with van der Waals surface area (Å²) in [5.74, 6) is 0. The molecule has 2 N–H and O–H groups in total. The van der Waals surface area contributed by atoms with E-state index in [4.69, 9.17) is 0 Å². The highest BCUT2D eigenvalue weighted by Gasteiger charge is 2.38. The molecule has 0 amide bonds. The molecule has 0 bridgehead atoms. The quantitative estimate of drug-likeness (QED) is 0.0404. The van der Waals surface area contributed by atoms with Gasteiger partial charge in [-0.15, -0.1) is 0 Å². The molecule has 0 aliphatic heterocycles. The lowest BCUT2D eigenvalue weighted by molar-refractivity contribution is -0.561. The van der Waals surface area contributed by atoms with Crippen molar-refractivity contribution in [3.8, 4) is 0 Å². The summed E-state index contributed by atoms with van der Waals surface area (Å²) in [4.78, 5) is 0. The van der Waals surface area contributed by atoms with Crippen LogP contribution in [0.5, 0.6) is 0 Å². The summed E-state index contributed by atoms with van der Waals surface area (Å²) in [5.41, 5.74) is -0.473. The molecule has 0 spiro atoms. The molecule has 5 aromatic rings. The van der Waals surface area contributed by atoms with Crippen LogP contribution in [-0.4, -0.2) is 12.7 Å². The van der Waals surface area contributed by atoms with E-state index in [-0.39, 0.29) is 22.7 Å². The third-order valence-corrected chi connectivity index (χ3v) is 9.46. The fourth-order valence-corrected chi connectivity index (χ4v) is 6.70. The van der Waals surface area contributed by atoms with Crippen LogP contribution >= 0.6 is 0 Å². The molecule has 0 atom stereocenters. The zero-order valence-corrected chi connectivity index (χ0v) is 30.3. The number of unbranched alkanes of at least 4 members (excludes halogenated alkanes) is 3. The predicted octanol–water partition coefficient (Wildman–Crippen LogP) is 10.9. The second kappa shape index (κ2) is 19.5. The smallest absolute Gasteiger partial charge is 0.311 e. The molecule has 0 fully saturated rings. The number of hydrogen-bond donors (Lipinski definition) is 1. The number of rotatable bonds is 13. The van der Waals surface area contributed by atoms with Gasteiger partial charge in [-0.1, -0.05) is 172 Å². The van der Waals surface area contributed by atoms with E-state index in [1.165, 1.54) is 29.4 Å². The van der Waals surface area contributed by atoms with E-state index in [1.54, 1.807) is 0 Å². The first-order valence-corrected chi connectivity index (χ1v) is 18.1. The number of nitrogens with two attached hydrogens (primary N) is 1. The number of quaternary nitrogens is 1. The maximum absolute atomic E-state index is 13.7. The Labute approximate surface area is 316 Å². The summed E-state index contributed by atoms with van der Waals surface area (Å²) in [6.45, 7) is 2.90. The lowest BCUT2D eigenvalue weighted by Gasteiger charge is -2.44. The van der Waals surface area contributed by atoms with E-state index >= 15 is 0 Å². The number of para-hydroxylation sites is 1. The minimum Gasteiger partial charge on any atom is -0.311 e. The summed E-state index contributed by atoms with van der Waals surface area (Å²) in [5, 5.41) is 2.22. The van der Waals surface area contributed by atoms with Crippen molar-refractivity contribution in [1.82, 2.24) is 0 Å². The third-order valence-electron chi connectivity index (χ3n) is 9.46. The first-order chi connectivity index (χ1) is 26.1. The molecule has 290 valence electrons. The van der Waals surface area contributed by atoms with E-state index in [1.807, 2.05) is 31.2 Å². The molecule has 0 saturated carbocycles. The molecule has 0 aliphatic carbocycles. The minimum atomic E-state index is -4.75. The van der Waals surface area contributed by atoms with Gasteiger partial charge in [-0.2, -0.15) is 62.2 Å². The SMILES string of the molecule is C(C=Cc1ccccc1)=CC[NH2+]c1ccccc1.CCCCCC[B-](c1cccc(C(F)(F)F)c1)(c1cccc(C(F)(F)F)c1)c1cccc(C(F)(F)F)c1. The molecule has 0 aromatic heterocycles. The molecule has 5 rings (SSSR count). The van der Waals surface area contributed by atoms with Crippen molar-refractivity contribution in [2.24, 2.45) is 0 Å². The first kappa shape index (κ1) is 42.7. The number of allylic oxidation sites excluding steroid dienone is 2. The molecule has 0 saturated heterocycles. The van der Waals surface area contributed by atoms with Crippen LogP contribution in [0.25, 0.3) is 6.08 Å². The summed E-state index contributed by atoms with van der Waals surface area (Å²) in [7, 11) is 0. The lowest BCUT2D eigenvalue weighted by Crippen LogP contribution is -2.77. The zero-order valence-electron chi connectivity index (χ0n) is 30.3. The molecular formula is C44H43BF9N. The van der Waals surface area contributed by atoms with Gasteiger partial charge < -0.3 is 5.32 Å². The van der Waals surface area contributed by atoms with Crippen LogP contribution in [0, 0.1) is 0 Å². The Balaban J connectivity index is 0.000000311. The average molecular weight is 768 g/mol. The van der Waals surface area contributed by atoms with Gasteiger partial charge >= 0.3 is 18.5 Å². The number of alkyl halides is 9. The first-order valence-electron chi connectivity index (χ1n) is 18.1. The molecule has 0 heterocycles. The monoisotopic (exact) mass is 767 g/mol. The Kier molecular flexibility index (Phi) is 15.2. The van der Waals surface area contributed by atoms with Crippen LogP contribution in [0.15, 0.2) is 152 Å². The largest absolute Gasteiger partial charge is 0.416 e. The normalized spacial score (nSPS) is 12.5. The summed E-state index contributed by atoms with van der Waals surface area (Å²) >= 11 is 0. The van der Waals surface area contributed by atoms with E-state index in [0.717, 1.165) is 74.0 Å². The number of benzene rings is 5. The molecule has 1 nitrogen and oxygen atoms in total.